The van der Waals surface area contributed by atoms with E-state index < -0.39 is 10.5 Å². The molecule has 1 saturated heterocycles. The first-order valence-corrected chi connectivity index (χ1v) is 7.49. The zero-order valence-electron chi connectivity index (χ0n) is 13.7. The lowest BCUT2D eigenvalue weighted by Crippen LogP contribution is -2.50. The summed E-state index contributed by atoms with van der Waals surface area (Å²) in [6, 6.07) is 0. The molecule has 2 rings (SSSR count). The van der Waals surface area contributed by atoms with Gasteiger partial charge in [0.05, 0.1) is 4.92 Å². The van der Waals surface area contributed by atoms with E-state index in [9.17, 15) is 14.9 Å². The van der Waals surface area contributed by atoms with Crippen LogP contribution in [0.25, 0.3) is 0 Å². The van der Waals surface area contributed by atoms with Gasteiger partial charge in [-0.25, -0.2) is 0 Å². The average molecular weight is 346 g/mol. The molecule has 1 aliphatic rings. The summed E-state index contributed by atoms with van der Waals surface area (Å²) in [6.45, 7) is 5.89. The molecule has 8 nitrogen and oxygen atoms in total. The minimum Gasteiger partial charge on any atom is -0.341 e. The Morgan fingerprint density at radius 1 is 1.48 bits per heavy atom. The molecular weight excluding hydrogens is 322 g/mol. The van der Waals surface area contributed by atoms with Crippen molar-refractivity contribution in [3.8, 4) is 0 Å². The second-order valence-corrected chi connectivity index (χ2v) is 6.25. The fourth-order valence-electron chi connectivity index (χ4n) is 2.83. The van der Waals surface area contributed by atoms with E-state index in [4.69, 9.17) is 0 Å². The molecule has 0 aliphatic carbocycles. The molecular formula is C14H24ClN5O3. The second-order valence-electron chi connectivity index (χ2n) is 6.25. The van der Waals surface area contributed by atoms with Gasteiger partial charge in [0.1, 0.15) is 17.9 Å². The molecule has 0 saturated carbocycles. The number of nitro groups is 1. The van der Waals surface area contributed by atoms with Crippen molar-refractivity contribution in [2.24, 2.45) is 5.92 Å². The maximum atomic E-state index is 12.7. The highest BCUT2D eigenvalue weighted by Crippen LogP contribution is 2.24. The highest BCUT2D eigenvalue weighted by atomic mass is 35.5. The maximum Gasteiger partial charge on any atom is 0.307 e. The molecule has 130 valence electrons. The molecule has 0 bridgehead atoms. The third-order valence-electron chi connectivity index (χ3n) is 4.27. The van der Waals surface area contributed by atoms with Gasteiger partial charge in [-0.3, -0.25) is 19.6 Å². The molecule has 0 unspecified atom stereocenters. The van der Waals surface area contributed by atoms with Gasteiger partial charge in [0.25, 0.3) is 0 Å². The van der Waals surface area contributed by atoms with Crippen LogP contribution in [-0.2, 0) is 10.3 Å². The minimum absolute atomic E-state index is 0. The van der Waals surface area contributed by atoms with Crippen LogP contribution in [0.5, 0.6) is 0 Å². The van der Waals surface area contributed by atoms with Gasteiger partial charge >= 0.3 is 5.69 Å². The summed E-state index contributed by atoms with van der Waals surface area (Å²) in [6.07, 6.45) is 4.43. The van der Waals surface area contributed by atoms with Gasteiger partial charge < -0.3 is 10.2 Å². The standard InChI is InChI=1S/C14H23N5O3.ClH/c1-14(2,18-10-12(9-16-18)19(21)22)13(20)17-6-4-11(5-7-17)8-15-3;/h9-11,15H,4-8H2,1-3H3;1H. The number of piperidine rings is 1. The second kappa shape index (κ2) is 7.74. The lowest BCUT2D eigenvalue weighted by atomic mass is 9.94. The predicted octanol–water partition coefficient (Wildman–Crippen LogP) is 1.41. The number of carbonyl (C=O) groups is 1. The fraction of sp³-hybridized carbons (Fsp3) is 0.714. The number of likely N-dealkylation sites (tertiary alicyclic amines) is 1. The minimum atomic E-state index is -0.926. The fourth-order valence-corrected chi connectivity index (χ4v) is 2.83. The first-order valence-electron chi connectivity index (χ1n) is 7.49. The first-order chi connectivity index (χ1) is 10.4. The van der Waals surface area contributed by atoms with Gasteiger partial charge in [-0.2, -0.15) is 5.10 Å². The Labute approximate surface area is 141 Å². The number of hydrogen-bond acceptors (Lipinski definition) is 5. The van der Waals surface area contributed by atoms with E-state index in [-0.39, 0.29) is 24.0 Å². The number of amides is 1. The summed E-state index contributed by atoms with van der Waals surface area (Å²) >= 11 is 0. The van der Waals surface area contributed by atoms with Crippen LogP contribution in [0.15, 0.2) is 12.4 Å². The molecule has 0 atom stereocenters. The predicted molar refractivity (Wildman–Crippen MR) is 88.7 cm³/mol. The van der Waals surface area contributed by atoms with Crippen molar-refractivity contribution in [2.45, 2.75) is 32.2 Å². The summed E-state index contributed by atoms with van der Waals surface area (Å²) < 4.78 is 1.38. The number of nitrogens with one attached hydrogen (secondary N) is 1. The van der Waals surface area contributed by atoms with Gasteiger partial charge in [-0.15, -0.1) is 12.4 Å². The largest absolute Gasteiger partial charge is 0.341 e. The Morgan fingerprint density at radius 2 is 2.09 bits per heavy atom. The van der Waals surface area contributed by atoms with E-state index in [1.54, 1.807) is 13.8 Å². The Bertz CT molecular complexity index is 552. The van der Waals surface area contributed by atoms with E-state index in [1.165, 1.54) is 17.1 Å². The topological polar surface area (TPSA) is 93.3 Å². The van der Waals surface area contributed by atoms with Crippen molar-refractivity contribution in [1.82, 2.24) is 20.0 Å². The normalized spacial score (nSPS) is 16.0. The van der Waals surface area contributed by atoms with E-state index >= 15 is 0 Å². The monoisotopic (exact) mass is 345 g/mol. The number of rotatable bonds is 5. The quantitative estimate of drug-likeness (QED) is 0.643. The van der Waals surface area contributed by atoms with Crippen LogP contribution in [0.3, 0.4) is 0 Å². The van der Waals surface area contributed by atoms with Gasteiger partial charge in [0, 0.05) is 13.1 Å². The Kier molecular flexibility index (Phi) is 6.52. The zero-order chi connectivity index (χ0) is 16.3. The van der Waals surface area contributed by atoms with Crippen molar-refractivity contribution in [3.05, 3.63) is 22.5 Å². The van der Waals surface area contributed by atoms with Crippen LogP contribution in [0.2, 0.25) is 0 Å². The molecule has 0 spiro atoms. The summed E-state index contributed by atoms with van der Waals surface area (Å²) in [5.74, 6) is 0.552. The lowest BCUT2D eigenvalue weighted by Gasteiger charge is -2.37. The van der Waals surface area contributed by atoms with Crippen LogP contribution >= 0.6 is 12.4 Å². The Morgan fingerprint density at radius 3 is 2.57 bits per heavy atom. The van der Waals surface area contributed by atoms with Crippen molar-refractivity contribution >= 4 is 24.0 Å². The van der Waals surface area contributed by atoms with Crippen molar-refractivity contribution in [3.63, 3.8) is 0 Å². The van der Waals surface area contributed by atoms with Gasteiger partial charge in [0.15, 0.2) is 0 Å². The molecule has 9 heteroatoms. The lowest BCUT2D eigenvalue weighted by molar-refractivity contribution is -0.385. The molecule has 0 radical (unpaired) electrons. The highest BCUT2D eigenvalue weighted by molar-refractivity contribution is 5.85. The molecule has 1 N–H and O–H groups in total. The van der Waals surface area contributed by atoms with E-state index in [1.807, 2.05) is 11.9 Å². The summed E-state index contributed by atoms with van der Waals surface area (Å²) in [4.78, 5) is 24.8. The molecule has 2 heterocycles. The Hall–Kier alpha value is -1.67. The molecule has 23 heavy (non-hydrogen) atoms. The summed E-state index contributed by atoms with van der Waals surface area (Å²) in [5.41, 5.74) is -1.03. The van der Waals surface area contributed by atoms with E-state index in [2.05, 4.69) is 10.4 Å². The average Bonchev–Trinajstić information content (AvgIpc) is 2.98. The first kappa shape index (κ1) is 19.4. The van der Waals surface area contributed by atoms with Crippen LogP contribution in [0.4, 0.5) is 5.69 Å². The summed E-state index contributed by atoms with van der Waals surface area (Å²) in [5, 5.41) is 17.9. The van der Waals surface area contributed by atoms with Crippen LogP contribution in [0.1, 0.15) is 26.7 Å². The van der Waals surface area contributed by atoms with Crippen LogP contribution in [0, 0.1) is 16.0 Å². The SMILES string of the molecule is CNCC1CCN(C(=O)C(C)(C)n2cc([N+](=O)[O-])cn2)CC1.Cl. The number of carbonyl (C=O) groups excluding carboxylic acids is 1. The van der Waals surface area contributed by atoms with E-state index in [0.29, 0.717) is 5.92 Å². The van der Waals surface area contributed by atoms with Crippen LogP contribution in [-0.4, -0.2) is 52.2 Å². The van der Waals surface area contributed by atoms with Gasteiger partial charge in [0.2, 0.25) is 5.91 Å². The van der Waals surface area contributed by atoms with Crippen molar-refractivity contribution < 1.29 is 9.72 Å². The maximum absolute atomic E-state index is 12.7. The number of nitrogens with zero attached hydrogens (tertiary/aromatic N) is 4. The van der Waals surface area contributed by atoms with Crippen molar-refractivity contribution in [2.75, 3.05) is 26.7 Å². The smallest absolute Gasteiger partial charge is 0.307 e. The zero-order valence-corrected chi connectivity index (χ0v) is 14.5. The molecule has 1 fully saturated rings. The van der Waals surface area contributed by atoms with Gasteiger partial charge in [-0.05, 0) is 46.2 Å². The number of aromatic nitrogens is 2. The van der Waals surface area contributed by atoms with Crippen molar-refractivity contribution in [1.29, 1.82) is 0 Å². The molecule has 0 aromatic carbocycles. The highest BCUT2D eigenvalue weighted by Gasteiger charge is 2.36. The third-order valence-corrected chi connectivity index (χ3v) is 4.27. The third kappa shape index (κ3) is 4.20. The summed E-state index contributed by atoms with van der Waals surface area (Å²) in [7, 11) is 1.94. The molecule has 1 aliphatic heterocycles. The Balaban J connectivity index is 0.00000264. The van der Waals surface area contributed by atoms with E-state index in [0.717, 1.165) is 32.5 Å². The van der Waals surface area contributed by atoms with Gasteiger partial charge in [-0.1, -0.05) is 0 Å². The molecule has 1 aromatic heterocycles. The number of halogens is 1. The molecule has 1 aromatic rings. The molecule has 1 amide bonds. The number of hydrogen-bond donors (Lipinski definition) is 1. The van der Waals surface area contributed by atoms with Crippen LogP contribution < -0.4 is 5.32 Å².